The molecule has 0 bridgehead atoms. The summed E-state index contributed by atoms with van der Waals surface area (Å²) in [6, 6.07) is 68.2. The molecule has 0 amide bonds. The summed E-state index contributed by atoms with van der Waals surface area (Å²) in [5.41, 5.74) is 13.8. The average molecular weight is 716 g/mol. The van der Waals surface area contributed by atoms with Crippen LogP contribution in [0.3, 0.4) is 0 Å². The van der Waals surface area contributed by atoms with Crippen molar-refractivity contribution in [2.45, 2.75) is 0 Å². The molecular formula is C51H33N5. The Balaban J connectivity index is 1.04. The van der Waals surface area contributed by atoms with E-state index in [1.165, 1.54) is 32.9 Å². The predicted molar refractivity (Wildman–Crippen MR) is 230 cm³/mol. The molecular weight excluding hydrogens is 683 g/mol. The Kier molecular flexibility index (Phi) is 7.42. The number of aromatic nitrogens is 5. The molecule has 0 saturated carbocycles. The Morgan fingerprint density at radius 3 is 1.68 bits per heavy atom. The summed E-state index contributed by atoms with van der Waals surface area (Å²) >= 11 is 0. The van der Waals surface area contributed by atoms with Crippen molar-refractivity contribution in [3.05, 3.63) is 200 Å². The molecule has 5 nitrogen and oxygen atoms in total. The first kappa shape index (κ1) is 31.9. The van der Waals surface area contributed by atoms with Gasteiger partial charge in [-0.15, -0.1) is 0 Å². The molecule has 0 aliphatic heterocycles. The highest BCUT2D eigenvalue weighted by Crippen LogP contribution is 2.41. The lowest BCUT2D eigenvalue weighted by Gasteiger charge is -2.11. The van der Waals surface area contributed by atoms with Crippen LogP contribution in [-0.4, -0.2) is 24.1 Å². The monoisotopic (exact) mass is 715 g/mol. The summed E-state index contributed by atoms with van der Waals surface area (Å²) < 4.78 is 4.63. The van der Waals surface area contributed by atoms with E-state index in [0.29, 0.717) is 5.82 Å². The Hall–Kier alpha value is -7.63. The van der Waals surface area contributed by atoms with Crippen LogP contribution in [-0.2, 0) is 0 Å². The third-order valence-electron chi connectivity index (χ3n) is 10.8. The molecule has 0 aliphatic rings. The second kappa shape index (κ2) is 13.0. The third kappa shape index (κ3) is 5.21. The SMILES string of the molecule is c1ccc(-c2cc(-c3ccccc3)nc(-c3ccc(-n4c5ccc(-c6cccc7c6c6ccccc6n7-c6ccccc6)cc5c5cccnc54)cc3)n2)cc1. The topological polar surface area (TPSA) is 48.5 Å². The predicted octanol–water partition coefficient (Wildman–Crippen LogP) is 12.7. The fraction of sp³-hybridized carbons (Fsp3) is 0. The second-order valence-electron chi connectivity index (χ2n) is 14.1. The van der Waals surface area contributed by atoms with E-state index in [1.807, 2.05) is 48.7 Å². The highest BCUT2D eigenvalue weighted by Gasteiger charge is 2.19. The molecule has 5 heteroatoms. The van der Waals surface area contributed by atoms with Crippen molar-refractivity contribution in [3.63, 3.8) is 0 Å². The van der Waals surface area contributed by atoms with Gasteiger partial charge in [0, 0.05) is 55.8 Å². The van der Waals surface area contributed by atoms with Crippen LogP contribution in [0.1, 0.15) is 0 Å². The lowest BCUT2D eigenvalue weighted by Crippen LogP contribution is -1.98. The fourth-order valence-corrected chi connectivity index (χ4v) is 8.24. The average Bonchev–Trinajstić information content (AvgIpc) is 3.80. The molecule has 0 unspecified atom stereocenters. The molecule has 4 heterocycles. The first-order valence-electron chi connectivity index (χ1n) is 18.9. The molecule has 0 saturated heterocycles. The molecule has 0 atom stereocenters. The van der Waals surface area contributed by atoms with Gasteiger partial charge in [-0.2, -0.15) is 0 Å². The van der Waals surface area contributed by atoms with Gasteiger partial charge in [0.25, 0.3) is 0 Å². The molecule has 0 aliphatic carbocycles. The van der Waals surface area contributed by atoms with Crippen LogP contribution in [0.25, 0.3) is 100 Å². The van der Waals surface area contributed by atoms with Crippen molar-refractivity contribution >= 4 is 43.7 Å². The lowest BCUT2D eigenvalue weighted by atomic mass is 9.98. The van der Waals surface area contributed by atoms with Crippen LogP contribution in [0.15, 0.2) is 200 Å². The number of benzene rings is 7. The van der Waals surface area contributed by atoms with Crippen molar-refractivity contribution < 1.29 is 0 Å². The molecule has 11 aromatic rings. The molecule has 0 fully saturated rings. The van der Waals surface area contributed by atoms with Gasteiger partial charge >= 0.3 is 0 Å². The summed E-state index contributed by atoms with van der Waals surface area (Å²) in [5.74, 6) is 0.685. The number of nitrogens with zero attached hydrogens (tertiary/aromatic N) is 5. The number of hydrogen-bond donors (Lipinski definition) is 0. The molecule has 56 heavy (non-hydrogen) atoms. The van der Waals surface area contributed by atoms with Crippen LogP contribution < -0.4 is 0 Å². The maximum Gasteiger partial charge on any atom is 0.160 e. The van der Waals surface area contributed by atoms with Gasteiger partial charge in [-0.05, 0) is 90.0 Å². The van der Waals surface area contributed by atoms with Crippen molar-refractivity contribution in [2.24, 2.45) is 0 Å². The Morgan fingerprint density at radius 2 is 0.946 bits per heavy atom. The Labute approximate surface area is 323 Å². The molecule has 7 aromatic carbocycles. The van der Waals surface area contributed by atoms with Crippen LogP contribution in [0.5, 0.6) is 0 Å². The van der Waals surface area contributed by atoms with Gasteiger partial charge in [0.1, 0.15) is 5.65 Å². The van der Waals surface area contributed by atoms with E-state index in [9.17, 15) is 0 Å². The minimum absolute atomic E-state index is 0.685. The molecule has 11 rings (SSSR count). The summed E-state index contributed by atoms with van der Waals surface area (Å²) in [6.07, 6.45) is 1.88. The van der Waals surface area contributed by atoms with Gasteiger partial charge in [0.15, 0.2) is 5.82 Å². The number of rotatable bonds is 6. The number of hydrogen-bond acceptors (Lipinski definition) is 3. The van der Waals surface area contributed by atoms with Crippen molar-refractivity contribution in [3.8, 4) is 56.4 Å². The largest absolute Gasteiger partial charge is 0.309 e. The minimum Gasteiger partial charge on any atom is -0.309 e. The first-order valence-corrected chi connectivity index (χ1v) is 18.9. The maximum atomic E-state index is 5.06. The fourth-order valence-electron chi connectivity index (χ4n) is 8.24. The van der Waals surface area contributed by atoms with Gasteiger partial charge in [0.2, 0.25) is 0 Å². The standard InChI is InChI=1S/C51H33N5/c1-4-14-34(15-5-1)44-33-45(35-16-6-2-7-17-35)54-50(53-44)36-25-28-39(29-26-36)56-47-30-27-37(32-43(47)41-22-13-31-52-51(41)56)40-21-12-24-48-49(40)42-20-10-11-23-46(42)55(48)38-18-8-3-9-19-38/h1-33H. The summed E-state index contributed by atoms with van der Waals surface area (Å²) in [4.78, 5) is 15.0. The van der Waals surface area contributed by atoms with E-state index in [0.717, 1.165) is 61.4 Å². The maximum absolute atomic E-state index is 5.06. The highest BCUT2D eigenvalue weighted by atomic mass is 15.0. The van der Waals surface area contributed by atoms with Crippen LogP contribution in [0, 0.1) is 0 Å². The molecule has 0 N–H and O–H groups in total. The smallest absolute Gasteiger partial charge is 0.160 e. The van der Waals surface area contributed by atoms with E-state index < -0.39 is 0 Å². The van der Waals surface area contributed by atoms with E-state index in [-0.39, 0.29) is 0 Å². The number of pyridine rings is 1. The zero-order chi connectivity index (χ0) is 37.0. The van der Waals surface area contributed by atoms with Crippen molar-refractivity contribution in [1.29, 1.82) is 0 Å². The number of para-hydroxylation sites is 2. The zero-order valence-electron chi connectivity index (χ0n) is 30.3. The van der Waals surface area contributed by atoms with Gasteiger partial charge in [-0.3, -0.25) is 4.57 Å². The van der Waals surface area contributed by atoms with Crippen LogP contribution in [0.2, 0.25) is 0 Å². The van der Waals surface area contributed by atoms with Crippen LogP contribution in [0.4, 0.5) is 0 Å². The van der Waals surface area contributed by atoms with Gasteiger partial charge in [0.05, 0.1) is 27.9 Å². The van der Waals surface area contributed by atoms with Crippen molar-refractivity contribution in [1.82, 2.24) is 24.1 Å². The van der Waals surface area contributed by atoms with E-state index >= 15 is 0 Å². The van der Waals surface area contributed by atoms with Crippen molar-refractivity contribution in [2.75, 3.05) is 0 Å². The molecule has 0 radical (unpaired) electrons. The van der Waals surface area contributed by atoms with Gasteiger partial charge in [-0.25, -0.2) is 15.0 Å². The number of fused-ring (bicyclic) bond motifs is 6. The molecule has 4 aromatic heterocycles. The Bertz CT molecular complexity index is 3160. The lowest BCUT2D eigenvalue weighted by molar-refractivity contribution is 1.13. The zero-order valence-corrected chi connectivity index (χ0v) is 30.3. The molecule has 262 valence electrons. The second-order valence-corrected chi connectivity index (χ2v) is 14.1. The summed E-state index contributed by atoms with van der Waals surface area (Å²) in [5, 5.41) is 4.75. The van der Waals surface area contributed by atoms with E-state index in [2.05, 4.69) is 161 Å². The third-order valence-corrected chi connectivity index (χ3v) is 10.8. The highest BCUT2D eigenvalue weighted by molar-refractivity contribution is 6.17. The summed E-state index contributed by atoms with van der Waals surface area (Å²) in [6.45, 7) is 0. The normalized spacial score (nSPS) is 11.6. The quantitative estimate of drug-likeness (QED) is 0.172. The van der Waals surface area contributed by atoms with Gasteiger partial charge in [-0.1, -0.05) is 115 Å². The van der Waals surface area contributed by atoms with Crippen LogP contribution >= 0.6 is 0 Å². The Morgan fingerprint density at radius 1 is 0.357 bits per heavy atom. The summed E-state index contributed by atoms with van der Waals surface area (Å²) in [7, 11) is 0. The minimum atomic E-state index is 0.685. The van der Waals surface area contributed by atoms with Gasteiger partial charge < -0.3 is 4.57 Å². The van der Waals surface area contributed by atoms with E-state index in [4.69, 9.17) is 15.0 Å². The molecule has 0 spiro atoms. The first-order chi connectivity index (χ1) is 27.8. The van der Waals surface area contributed by atoms with E-state index in [1.54, 1.807) is 0 Å².